The van der Waals surface area contributed by atoms with E-state index in [9.17, 15) is 4.79 Å². The molecule has 0 aliphatic rings. The summed E-state index contributed by atoms with van der Waals surface area (Å²) >= 11 is 0. The molecule has 0 spiro atoms. The molecule has 0 aromatic carbocycles. The van der Waals surface area contributed by atoms with Gasteiger partial charge >= 0.3 is 0 Å². The highest BCUT2D eigenvalue weighted by Gasteiger charge is 1.93. The zero-order valence-electron chi connectivity index (χ0n) is 6.55. The van der Waals surface area contributed by atoms with Crippen LogP contribution in [0.25, 0.3) is 0 Å². The largest absolute Gasteiger partial charge is 0.367 e. The first-order valence-electron chi connectivity index (χ1n) is 3.61. The molecular formula is C8H12N2O. The maximum atomic E-state index is 10.5. The van der Waals surface area contributed by atoms with Gasteiger partial charge in [-0.1, -0.05) is 0 Å². The van der Waals surface area contributed by atoms with E-state index in [-0.39, 0.29) is 5.78 Å². The van der Waals surface area contributed by atoms with Crippen LogP contribution in [0.5, 0.6) is 0 Å². The summed E-state index contributed by atoms with van der Waals surface area (Å²) in [5, 5.41) is 3.02. The second-order valence-corrected chi connectivity index (χ2v) is 2.52. The molecule has 0 saturated carbocycles. The first-order valence-corrected chi connectivity index (χ1v) is 3.61. The van der Waals surface area contributed by atoms with Gasteiger partial charge in [-0.3, -0.25) is 4.79 Å². The van der Waals surface area contributed by atoms with Gasteiger partial charge in [0.1, 0.15) is 5.78 Å². The quantitative estimate of drug-likeness (QED) is 0.666. The molecule has 1 aromatic heterocycles. The summed E-state index contributed by atoms with van der Waals surface area (Å²) in [5.41, 5.74) is 1.17. The topological polar surface area (TPSA) is 44.9 Å². The molecule has 1 heterocycles. The maximum Gasteiger partial charge on any atom is 0.143 e. The van der Waals surface area contributed by atoms with Gasteiger partial charge in [0.05, 0.1) is 6.54 Å². The van der Waals surface area contributed by atoms with Crippen molar-refractivity contribution in [3.05, 3.63) is 24.0 Å². The molecule has 60 valence electrons. The Bertz CT molecular complexity index is 216. The van der Waals surface area contributed by atoms with Gasteiger partial charge in [0.25, 0.3) is 0 Å². The van der Waals surface area contributed by atoms with E-state index < -0.39 is 0 Å². The normalized spacial score (nSPS) is 9.91. The van der Waals surface area contributed by atoms with Crippen molar-refractivity contribution >= 4 is 5.78 Å². The van der Waals surface area contributed by atoms with E-state index in [1.54, 1.807) is 6.92 Å². The Morgan fingerprint density at radius 3 is 3.09 bits per heavy atom. The molecule has 1 rings (SSSR count). The van der Waals surface area contributed by atoms with Gasteiger partial charge in [0.2, 0.25) is 0 Å². The van der Waals surface area contributed by atoms with Crippen molar-refractivity contribution in [2.75, 3.05) is 6.54 Å². The van der Waals surface area contributed by atoms with Crippen molar-refractivity contribution in [3.8, 4) is 0 Å². The third kappa shape index (κ3) is 3.00. The van der Waals surface area contributed by atoms with Gasteiger partial charge in [-0.2, -0.15) is 0 Å². The van der Waals surface area contributed by atoms with Crippen molar-refractivity contribution in [3.63, 3.8) is 0 Å². The number of hydrogen-bond donors (Lipinski definition) is 2. The van der Waals surface area contributed by atoms with Gasteiger partial charge in [0, 0.05) is 18.9 Å². The number of aromatic amines is 1. The summed E-state index contributed by atoms with van der Waals surface area (Å²) < 4.78 is 0. The fourth-order valence-corrected chi connectivity index (χ4v) is 0.851. The molecule has 0 aliphatic heterocycles. The molecule has 0 unspecified atom stereocenters. The lowest BCUT2D eigenvalue weighted by atomic mass is 10.3. The fraction of sp³-hybridized carbons (Fsp3) is 0.375. The summed E-state index contributed by atoms with van der Waals surface area (Å²) in [7, 11) is 0. The molecule has 0 saturated heterocycles. The highest BCUT2D eigenvalue weighted by molar-refractivity contribution is 5.77. The maximum absolute atomic E-state index is 10.5. The lowest BCUT2D eigenvalue weighted by Crippen LogP contribution is -2.19. The number of nitrogens with one attached hydrogen (secondary N) is 2. The van der Waals surface area contributed by atoms with Crippen molar-refractivity contribution in [1.82, 2.24) is 10.3 Å². The minimum atomic E-state index is 0.167. The number of carbonyl (C=O) groups is 1. The van der Waals surface area contributed by atoms with Crippen LogP contribution in [0.2, 0.25) is 0 Å². The Morgan fingerprint density at radius 1 is 1.73 bits per heavy atom. The number of Topliss-reactive ketones (excluding diaryl/α,β-unsaturated/α-hetero) is 1. The van der Waals surface area contributed by atoms with Crippen LogP contribution in [0.3, 0.4) is 0 Å². The second-order valence-electron chi connectivity index (χ2n) is 2.52. The molecule has 1 aromatic rings. The zero-order valence-corrected chi connectivity index (χ0v) is 6.55. The third-order valence-corrected chi connectivity index (χ3v) is 1.37. The summed E-state index contributed by atoms with van der Waals surface area (Å²) in [4.78, 5) is 13.4. The molecule has 2 N–H and O–H groups in total. The van der Waals surface area contributed by atoms with E-state index in [1.807, 2.05) is 18.5 Å². The Morgan fingerprint density at radius 2 is 2.55 bits per heavy atom. The monoisotopic (exact) mass is 152 g/mol. The summed E-state index contributed by atoms with van der Waals surface area (Å²) in [6, 6.07) is 1.98. The highest BCUT2D eigenvalue weighted by Crippen LogP contribution is 1.93. The Balaban J connectivity index is 2.19. The number of carbonyl (C=O) groups excluding carboxylic acids is 1. The molecule has 11 heavy (non-hydrogen) atoms. The van der Waals surface area contributed by atoms with E-state index in [4.69, 9.17) is 0 Å². The number of rotatable bonds is 4. The lowest BCUT2D eigenvalue weighted by molar-refractivity contribution is -0.116. The summed E-state index contributed by atoms with van der Waals surface area (Å²) in [5.74, 6) is 0.167. The average molecular weight is 152 g/mol. The van der Waals surface area contributed by atoms with Crippen molar-refractivity contribution in [2.24, 2.45) is 0 Å². The third-order valence-electron chi connectivity index (χ3n) is 1.37. The molecule has 0 radical (unpaired) electrons. The smallest absolute Gasteiger partial charge is 0.143 e. The predicted molar refractivity (Wildman–Crippen MR) is 43.2 cm³/mol. The standard InChI is InChI=1S/C8H12N2O/c1-7(11)4-10-6-8-2-3-9-5-8/h2-3,5,9-10H,4,6H2,1H3. The van der Waals surface area contributed by atoms with Crippen LogP contribution in [-0.4, -0.2) is 17.3 Å². The van der Waals surface area contributed by atoms with Gasteiger partial charge in [0.15, 0.2) is 0 Å². The van der Waals surface area contributed by atoms with Crippen LogP contribution in [0.15, 0.2) is 18.5 Å². The summed E-state index contributed by atoms with van der Waals surface area (Å²) in [6.45, 7) is 2.78. The van der Waals surface area contributed by atoms with Crippen LogP contribution >= 0.6 is 0 Å². The van der Waals surface area contributed by atoms with Gasteiger partial charge in [-0.25, -0.2) is 0 Å². The van der Waals surface area contributed by atoms with Gasteiger partial charge in [-0.05, 0) is 18.6 Å². The zero-order chi connectivity index (χ0) is 8.10. The Labute approximate surface area is 65.8 Å². The first-order chi connectivity index (χ1) is 5.29. The van der Waals surface area contributed by atoms with Crippen LogP contribution in [0, 0.1) is 0 Å². The van der Waals surface area contributed by atoms with Crippen LogP contribution in [-0.2, 0) is 11.3 Å². The van der Waals surface area contributed by atoms with Crippen molar-refractivity contribution < 1.29 is 4.79 Å². The predicted octanol–water partition coefficient (Wildman–Crippen LogP) is 0.693. The van der Waals surface area contributed by atoms with Crippen LogP contribution in [0.4, 0.5) is 0 Å². The van der Waals surface area contributed by atoms with E-state index in [2.05, 4.69) is 10.3 Å². The SMILES string of the molecule is CC(=O)CNCc1cc[nH]c1. The number of H-pyrrole nitrogens is 1. The molecule has 0 atom stereocenters. The van der Waals surface area contributed by atoms with E-state index >= 15 is 0 Å². The van der Waals surface area contributed by atoms with Gasteiger partial charge in [-0.15, -0.1) is 0 Å². The minimum Gasteiger partial charge on any atom is -0.367 e. The molecule has 3 nitrogen and oxygen atoms in total. The minimum absolute atomic E-state index is 0.167. The highest BCUT2D eigenvalue weighted by atomic mass is 16.1. The average Bonchev–Trinajstić information content (AvgIpc) is 2.39. The van der Waals surface area contributed by atoms with Crippen LogP contribution in [0.1, 0.15) is 12.5 Å². The molecule has 0 fully saturated rings. The van der Waals surface area contributed by atoms with E-state index in [1.165, 1.54) is 5.56 Å². The molecule has 0 aliphatic carbocycles. The van der Waals surface area contributed by atoms with Crippen molar-refractivity contribution in [2.45, 2.75) is 13.5 Å². The Hall–Kier alpha value is -1.09. The van der Waals surface area contributed by atoms with Crippen LogP contribution < -0.4 is 5.32 Å². The summed E-state index contributed by atoms with van der Waals surface area (Å²) in [6.07, 6.45) is 3.78. The molecule has 0 bridgehead atoms. The van der Waals surface area contributed by atoms with Gasteiger partial charge < -0.3 is 10.3 Å². The Kier molecular flexibility index (Phi) is 2.86. The molecule has 0 amide bonds. The second kappa shape index (κ2) is 3.93. The number of hydrogen-bond acceptors (Lipinski definition) is 2. The molecule has 3 heteroatoms. The van der Waals surface area contributed by atoms with E-state index in [0.29, 0.717) is 6.54 Å². The van der Waals surface area contributed by atoms with E-state index in [0.717, 1.165) is 6.54 Å². The van der Waals surface area contributed by atoms with Crippen molar-refractivity contribution in [1.29, 1.82) is 0 Å². The number of aromatic nitrogens is 1. The fourth-order valence-electron chi connectivity index (χ4n) is 0.851. The number of ketones is 1. The lowest BCUT2D eigenvalue weighted by Gasteiger charge is -1.97. The molecular weight excluding hydrogens is 140 g/mol. The first kappa shape index (κ1) is 8.01.